The normalized spacial score (nSPS) is 9.68. The number of allylic oxidation sites excluding steroid dienone is 1. The highest BCUT2D eigenvalue weighted by Gasteiger charge is 2.15. The van der Waals surface area contributed by atoms with Gasteiger partial charge in [0.15, 0.2) is 5.75 Å². The topological polar surface area (TPSA) is 86.8 Å². The Morgan fingerprint density at radius 2 is 1.76 bits per heavy atom. The molecule has 0 spiro atoms. The summed E-state index contributed by atoms with van der Waals surface area (Å²) in [6.07, 6.45) is 2.97. The highest BCUT2D eigenvalue weighted by atomic mass is 16.5. The van der Waals surface area contributed by atoms with E-state index in [-0.39, 0.29) is 11.3 Å². The number of fused-ring (bicyclic) bond motifs is 1. The molecule has 0 unspecified atom stereocenters. The lowest BCUT2D eigenvalue weighted by Gasteiger charge is -2.10. The summed E-state index contributed by atoms with van der Waals surface area (Å²) in [7, 11) is 0. The zero-order valence-electron chi connectivity index (χ0n) is 13.0. The van der Waals surface area contributed by atoms with E-state index in [0.29, 0.717) is 16.6 Å². The van der Waals surface area contributed by atoms with E-state index in [0.717, 1.165) is 5.39 Å². The maximum Gasteiger partial charge on any atom is 0.343 e. The number of esters is 1. The lowest BCUT2D eigenvalue weighted by molar-refractivity contribution is 0.0736. The standard InChI is InChI=1S/C20H11N3O2/c21-12-14(13-22)11-17-9-8-15-7-4-10-23-18(15)19(17)25-20(24)16-5-2-1-3-6-16/h1-11H. The van der Waals surface area contributed by atoms with Crippen LogP contribution in [0, 0.1) is 22.7 Å². The Bertz CT molecular complexity index is 1040. The van der Waals surface area contributed by atoms with E-state index in [4.69, 9.17) is 15.3 Å². The number of nitriles is 2. The van der Waals surface area contributed by atoms with Crippen molar-refractivity contribution < 1.29 is 9.53 Å². The van der Waals surface area contributed by atoms with Gasteiger partial charge in [0.25, 0.3) is 0 Å². The van der Waals surface area contributed by atoms with E-state index in [9.17, 15) is 4.79 Å². The Morgan fingerprint density at radius 3 is 2.48 bits per heavy atom. The molecule has 0 amide bonds. The van der Waals surface area contributed by atoms with Crippen LogP contribution in [0.1, 0.15) is 15.9 Å². The minimum absolute atomic E-state index is 0.0905. The molecule has 0 radical (unpaired) electrons. The van der Waals surface area contributed by atoms with Crippen molar-refractivity contribution >= 4 is 22.9 Å². The van der Waals surface area contributed by atoms with Crippen LogP contribution in [0.15, 0.2) is 66.4 Å². The van der Waals surface area contributed by atoms with Crippen LogP contribution >= 0.6 is 0 Å². The fourth-order valence-corrected chi connectivity index (χ4v) is 2.33. The second-order valence-electron chi connectivity index (χ2n) is 5.10. The quantitative estimate of drug-likeness (QED) is 0.414. The number of pyridine rings is 1. The summed E-state index contributed by atoms with van der Waals surface area (Å²) in [6.45, 7) is 0. The van der Waals surface area contributed by atoms with Crippen LogP contribution in [0.25, 0.3) is 17.0 Å². The predicted molar refractivity (Wildman–Crippen MR) is 92.3 cm³/mol. The van der Waals surface area contributed by atoms with Gasteiger partial charge >= 0.3 is 5.97 Å². The maximum atomic E-state index is 12.4. The van der Waals surface area contributed by atoms with Crippen molar-refractivity contribution in [3.63, 3.8) is 0 Å². The molecule has 0 aliphatic rings. The number of ether oxygens (including phenoxy) is 1. The van der Waals surface area contributed by atoms with Gasteiger partial charge in [-0.25, -0.2) is 4.79 Å². The molecule has 0 saturated carbocycles. The molecule has 0 bridgehead atoms. The van der Waals surface area contributed by atoms with Gasteiger partial charge in [0.05, 0.1) is 5.56 Å². The molecule has 5 heteroatoms. The van der Waals surface area contributed by atoms with Crippen molar-refractivity contribution in [3.05, 3.63) is 77.5 Å². The van der Waals surface area contributed by atoms with Crippen molar-refractivity contribution in [2.75, 3.05) is 0 Å². The molecule has 5 nitrogen and oxygen atoms in total. The monoisotopic (exact) mass is 325 g/mol. The molecule has 0 aliphatic heterocycles. The first-order valence-corrected chi connectivity index (χ1v) is 7.40. The van der Waals surface area contributed by atoms with Gasteiger partial charge in [0.2, 0.25) is 0 Å². The molecule has 3 rings (SSSR count). The van der Waals surface area contributed by atoms with Crippen molar-refractivity contribution in [2.45, 2.75) is 0 Å². The summed E-state index contributed by atoms with van der Waals surface area (Å²) in [5.41, 5.74) is 1.22. The summed E-state index contributed by atoms with van der Waals surface area (Å²) in [5.74, 6) is -0.321. The van der Waals surface area contributed by atoms with Crippen molar-refractivity contribution in [2.24, 2.45) is 0 Å². The fourth-order valence-electron chi connectivity index (χ4n) is 2.33. The van der Waals surface area contributed by atoms with Gasteiger partial charge in [-0.1, -0.05) is 36.4 Å². The van der Waals surface area contributed by atoms with Crippen LogP contribution in [-0.2, 0) is 0 Å². The van der Waals surface area contributed by atoms with E-state index >= 15 is 0 Å². The molecular weight excluding hydrogens is 314 g/mol. The van der Waals surface area contributed by atoms with Crippen LogP contribution < -0.4 is 4.74 Å². The molecule has 0 saturated heterocycles. The number of benzene rings is 2. The van der Waals surface area contributed by atoms with Crippen LogP contribution in [0.2, 0.25) is 0 Å². The first kappa shape index (κ1) is 15.9. The predicted octanol–water partition coefficient (Wildman–Crippen LogP) is 3.88. The third-order valence-corrected chi connectivity index (χ3v) is 3.50. The Kier molecular flexibility index (Phi) is 4.51. The van der Waals surface area contributed by atoms with Gasteiger partial charge in [0, 0.05) is 17.1 Å². The van der Waals surface area contributed by atoms with Gasteiger partial charge in [-0.3, -0.25) is 4.98 Å². The molecule has 118 valence electrons. The number of carbonyl (C=O) groups excluding carboxylic acids is 1. The lowest BCUT2D eigenvalue weighted by atomic mass is 10.1. The fraction of sp³-hybridized carbons (Fsp3) is 0. The van der Waals surface area contributed by atoms with Gasteiger partial charge in [-0.05, 0) is 24.3 Å². The highest BCUT2D eigenvalue weighted by Crippen LogP contribution is 2.30. The zero-order valence-corrected chi connectivity index (χ0v) is 13.0. The van der Waals surface area contributed by atoms with E-state index in [1.54, 1.807) is 66.9 Å². The summed E-state index contributed by atoms with van der Waals surface area (Å²) in [6, 6.07) is 19.3. The van der Waals surface area contributed by atoms with Crippen molar-refractivity contribution in [1.82, 2.24) is 4.98 Å². The van der Waals surface area contributed by atoms with Crippen molar-refractivity contribution in [3.8, 4) is 17.9 Å². The molecule has 25 heavy (non-hydrogen) atoms. The number of hydrogen-bond donors (Lipinski definition) is 0. The molecule has 3 aromatic rings. The summed E-state index contributed by atoms with van der Waals surface area (Å²) in [4.78, 5) is 16.7. The first-order valence-electron chi connectivity index (χ1n) is 7.40. The van der Waals surface area contributed by atoms with Gasteiger partial charge in [-0.2, -0.15) is 10.5 Å². The molecule has 0 atom stereocenters. The largest absolute Gasteiger partial charge is 0.420 e. The molecule has 2 aromatic carbocycles. The summed E-state index contributed by atoms with van der Waals surface area (Å²) in [5, 5.41) is 18.8. The molecule has 1 aromatic heterocycles. The molecule has 0 N–H and O–H groups in total. The molecule has 0 aliphatic carbocycles. The second-order valence-corrected chi connectivity index (χ2v) is 5.10. The first-order chi connectivity index (χ1) is 12.2. The van der Waals surface area contributed by atoms with Crippen LogP contribution in [0.3, 0.4) is 0 Å². The van der Waals surface area contributed by atoms with Gasteiger partial charge < -0.3 is 4.74 Å². The Balaban J connectivity index is 2.14. The van der Waals surface area contributed by atoms with Crippen molar-refractivity contribution in [1.29, 1.82) is 10.5 Å². The average molecular weight is 325 g/mol. The smallest absolute Gasteiger partial charge is 0.343 e. The van der Waals surface area contributed by atoms with E-state index in [2.05, 4.69) is 4.98 Å². The van der Waals surface area contributed by atoms with Crippen LogP contribution in [0.4, 0.5) is 0 Å². The second kappa shape index (κ2) is 7.08. The number of aromatic nitrogens is 1. The number of nitrogens with zero attached hydrogens (tertiary/aromatic N) is 3. The number of rotatable bonds is 3. The Morgan fingerprint density at radius 1 is 1.00 bits per heavy atom. The SMILES string of the molecule is N#CC(C#N)=Cc1ccc2cccnc2c1OC(=O)c1ccccc1. The van der Waals surface area contributed by atoms with E-state index in [1.807, 2.05) is 6.07 Å². The third kappa shape index (κ3) is 3.36. The number of hydrogen-bond acceptors (Lipinski definition) is 5. The highest BCUT2D eigenvalue weighted by molar-refractivity contribution is 5.96. The van der Waals surface area contributed by atoms with E-state index < -0.39 is 5.97 Å². The zero-order chi connectivity index (χ0) is 17.6. The maximum absolute atomic E-state index is 12.4. The third-order valence-electron chi connectivity index (χ3n) is 3.50. The average Bonchev–Trinajstić information content (AvgIpc) is 2.68. The lowest BCUT2D eigenvalue weighted by Crippen LogP contribution is -2.09. The van der Waals surface area contributed by atoms with Crippen LogP contribution in [-0.4, -0.2) is 11.0 Å². The minimum Gasteiger partial charge on any atom is -0.420 e. The Labute approximate surface area is 144 Å². The minimum atomic E-state index is -0.538. The molecular formula is C20H11N3O2. The number of carbonyl (C=O) groups is 1. The molecule has 1 heterocycles. The van der Waals surface area contributed by atoms with Gasteiger partial charge in [0.1, 0.15) is 23.2 Å². The molecule has 0 fully saturated rings. The van der Waals surface area contributed by atoms with Gasteiger partial charge in [-0.15, -0.1) is 0 Å². The van der Waals surface area contributed by atoms with E-state index in [1.165, 1.54) is 6.08 Å². The summed E-state index contributed by atoms with van der Waals surface area (Å²) < 4.78 is 5.57. The Hall–Kier alpha value is -3.96. The van der Waals surface area contributed by atoms with Crippen LogP contribution in [0.5, 0.6) is 5.75 Å². The summed E-state index contributed by atoms with van der Waals surface area (Å²) >= 11 is 0.